The molecule has 0 aromatic heterocycles. The van der Waals surface area contributed by atoms with Crippen molar-refractivity contribution < 1.29 is 0 Å². The Morgan fingerprint density at radius 3 is 2.60 bits per heavy atom. The molecule has 0 bridgehead atoms. The van der Waals surface area contributed by atoms with E-state index >= 15 is 0 Å². The minimum Gasteiger partial charge on any atom is -0.307 e. The standard InChI is InChI=1S/C7H13BrN2/c1-3-7(2)10(6-9)5-4-8/h7H,3-5H2,1-2H3. The Morgan fingerprint density at radius 2 is 2.30 bits per heavy atom. The van der Waals surface area contributed by atoms with Crippen LogP contribution in [0.15, 0.2) is 0 Å². The molecule has 1 unspecified atom stereocenters. The lowest BCUT2D eigenvalue weighted by Gasteiger charge is -2.20. The van der Waals surface area contributed by atoms with Crippen molar-refractivity contribution in [2.24, 2.45) is 0 Å². The van der Waals surface area contributed by atoms with Gasteiger partial charge in [-0.3, -0.25) is 0 Å². The molecule has 1 atom stereocenters. The predicted octanol–water partition coefficient (Wildman–Crippen LogP) is 1.96. The van der Waals surface area contributed by atoms with Gasteiger partial charge in [0.25, 0.3) is 0 Å². The van der Waals surface area contributed by atoms with E-state index in [0.717, 1.165) is 18.3 Å². The van der Waals surface area contributed by atoms with E-state index in [9.17, 15) is 0 Å². The molecule has 0 aliphatic rings. The third-order valence-corrected chi connectivity index (χ3v) is 1.93. The topological polar surface area (TPSA) is 27.0 Å². The van der Waals surface area contributed by atoms with Crippen LogP contribution in [0.5, 0.6) is 0 Å². The summed E-state index contributed by atoms with van der Waals surface area (Å²) in [6.45, 7) is 4.96. The molecule has 0 amide bonds. The van der Waals surface area contributed by atoms with Crippen molar-refractivity contribution in [2.75, 3.05) is 11.9 Å². The molecular weight excluding hydrogens is 192 g/mol. The van der Waals surface area contributed by atoms with Gasteiger partial charge in [0, 0.05) is 17.9 Å². The third kappa shape index (κ3) is 3.07. The summed E-state index contributed by atoms with van der Waals surface area (Å²) in [6.07, 6.45) is 3.19. The fraction of sp³-hybridized carbons (Fsp3) is 0.857. The van der Waals surface area contributed by atoms with Gasteiger partial charge >= 0.3 is 0 Å². The summed E-state index contributed by atoms with van der Waals surface area (Å²) < 4.78 is 0. The Morgan fingerprint density at radius 1 is 1.70 bits per heavy atom. The molecule has 0 spiro atoms. The van der Waals surface area contributed by atoms with Gasteiger partial charge in [-0.1, -0.05) is 22.9 Å². The Balaban J connectivity index is 3.71. The molecule has 0 heterocycles. The lowest BCUT2D eigenvalue weighted by atomic mass is 10.2. The van der Waals surface area contributed by atoms with E-state index < -0.39 is 0 Å². The molecule has 0 saturated heterocycles. The van der Waals surface area contributed by atoms with Crippen LogP contribution in [0, 0.1) is 11.5 Å². The summed E-state index contributed by atoms with van der Waals surface area (Å²) >= 11 is 3.30. The molecule has 10 heavy (non-hydrogen) atoms. The number of nitriles is 1. The molecule has 0 saturated carbocycles. The quantitative estimate of drug-likeness (QED) is 0.398. The molecule has 0 rings (SSSR count). The van der Waals surface area contributed by atoms with Crippen LogP contribution in [0.3, 0.4) is 0 Å². The van der Waals surface area contributed by atoms with Crippen molar-refractivity contribution in [1.29, 1.82) is 5.26 Å². The number of halogens is 1. The summed E-state index contributed by atoms with van der Waals surface area (Å²) in [6, 6.07) is 0.377. The van der Waals surface area contributed by atoms with Crippen LogP contribution < -0.4 is 0 Å². The van der Waals surface area contributed by atoms with Crippen LogP contribution in [0.2, 0.25) is 0 Å². The molecule has 0 radical (unpaired) electrons. The molecule has 3 heteroatoms. The number of nitrogens with zero attached hydrogens (tertiary/aromatic N) is 2. The Kier molecular flexibility index (Phi) is 5.42. The maximum Gasteiger partial charge on any atom is 0.179 e. The number of hydrogen-bond acceptors (Lipinski definition) is 2. The van der Waals surface area contributed by atoms with Crippen LogP contribution >= 0.6 is 15.9 Å². The van der Waals surface area contributed by atoms with Gasteiger partial charge in [-0.2, -0.15) is 5.26 Å². The monoisotopic (exact) mass is 204 g/mol. The van der Waals surface area contributed by atoms with E-state index in [0.29, 0.717) is 6.04 Å². The summed E-state index contributed by atoms with van der Waals surface area (Å²) in [5, 5.41) is 9.48. The van der Waals surface area contributed by atoms with Gasteiger partial charge in [-0.15, -0.1) is 0 Å². The first-order valence-corrected chi connectivity index (χ1v) is 4.60. The maximum absolute atomic E-state index is 8.61. The lowest BCUT2D eigenvalue weighted by molar-refractivity contribution is 0.317. The van der Waals surface area contributed by atoms with E-state index in [1.54, 1.807) is 4.90 Å². The average Bonchev–Trinajstić information content (AvgIpc) is 1.99. The third-order valence-electron chi connectivity index (χ3n) is 1.58. The fourth-order valence-corrected chi connectivity index (χ4v) is 1.06. The number of alkyl halides is 1. The van der Waals surface area contributed by atoms with Gasteiger partial charge in [-0.05, 0) is 13.3 Å². The molecular formula is C7H13BrN2. The van der Waals surface area contributed by atoms with Crippen molar-refractivity contribution in [1.82, 2.24) is 4.90 Å². The van der Waals surface area contributed by atoms with E-state index in [2.05, 4.69) is 36.0 Å². The van der Waals surface area contributed by atoms with Crippen molar-refractivity contribution in [3.05, 3.63) is 0 Å². The molecule has 0 aromatic rings. The number of hydrogen-bond donors (Lipinski definition) is 0. The second-order valence-electron chi connectivity index (χ2n) is 2.24. The van der Waals surface area contributed by atoms with E-state index in [-0.39, 0.29) is 0 Å². The van der Waals surface area contributed by atoms with E-state index in [1.807, 2.05) is 0 Å². The minimum atomic E-state index is 0.377. The molecule has 0 aliphatic heterocycles. The fourth-order valence-electron chi connectivity index (χ4n) is 0.680. The maximum atomic E-state index is 8.61. The Bertz CT molecular complexity index is 119. The summed E-state index contributed by atoms with van der Waals surface area (Å²) in [5.74, 6) is 0. The van der Waals surface area contributed by atoms with Crippen LogP contribution in [0.25, 0.3) is 0 Å². The SMILES string of the molecule is CCC(C)N(C#N)CCBr. The molecule has 0 aromatic carbocycles. The molecule has 2 nitrogen and oxygen atoms in total. The minimum absolute atomic E-state index is 0.377. The van der Waals surface area contributed by atoms with E-state index in [1.165, 1.54) is 0 Å². The molecule has 0 aliphatic carbocycles. The van der Waals surface area contributed by atoms with Crippen molar-refractivity contribution in [3.8, 4) is 6.19 Å². The zero-order chi connectivity index (χ0) is 7.98. The predicted molar refractivity (Wildman–Crippen MR) is 45.9 cm³/mol. The summed E-state index contributed by atoms with van der Waals surface area (Å²) in [7, 11) is 0. The first-order valence-electron chi connectivity index (χ1n) is 3.48. The highest BCUT2D eigenvalue weighted by Crippen LogP contribution is 2.01. The Hall–Kier alpha value is -0.230. The van der Waals surface area contributed by atoms with Gasteiger partial charge in [0.05, 0.1) is 0 Å². The van der Waals surface area contributed by atoms with Crippen LogP contribution in [0.4, 0.5) is 0 Å². The Labute approximate surface area is 70.9 Å². The molecule has 0 N–H and O–H groups in total. The zero-order valence-corrected chi connectivity index (χ0v) is 8.06. The van der Waals surface area contributed by atoms with Gasteiger partial charge in [0.1, 0.15) is 0 Å². The van der Waals surface area contributed by atoms with Crippen LogP contribution in [-0.2, 0) is 0 Å². The second-order valence-corrected chi connectivity index (χ2v) is 3.03. The summed E-state index contributed by atoms with van der Waals surface area (Å²) in [4.78, 5) is 1.79. The highest BCUT2D eigenvalue weighted by atomic mass is 79.9. The van der Waals surface area contributed by atoms with Crippen LogP contribution in [0.1, 0.15) is 20.3 Å². The van der Waals surface area contributed by atoms with Gasteiger partial charge in [-0.25, -0.2) is 0 Å². The van der Waals surface area contributed by atoms with Crippen molar-refractivity contribution in [3.63, 3.8) is 0 Å². The first kappa shape index (κ1) is 9.77. The van der Waals surface area contributed by atoms with Gasteiger partial charge in [0.15, 0.2) is 6.19 Å². The van der Waals surface area contributed by atoms with Crippen LogP contribution in [-0.4, -0.2) is 22.8 Å². The number of rotatable bonds is 4. The molecule has 0 fully saturated rings. The van der Waals surface area contributed by atoms with Crippen molar-refractivity contribution >= 4 is 15.9 Å². The van der Waals surface area contributed by atoms with Gasteiger partial charge in [0.2, 0.25) is 0 Å². The van der Waals surface area contributed by atoms with Crippen molar-refractivity contribution in [2.45, 2.75) is 26.3 Å². The van der Waals surface area contributed by atoms with Gasteiger partial charge < -0.3 is 4.90 Å². The molecule has 58 valence electrons. The summed E-state index contributed by atoms with van der Waals surface area (Å²) in [5.41, 5.74) is 0. The van der Waals surface area contributed by atoms with E-state index in [4.69, 9.17) is 5.26 Å². The smallest absolute Gasteiger partial charge is 0.179 e. The highest BCUT2D eigenvalue weighted by molar-refractivity contribution is 9.09. The zero-order valence-electron chi connectivity index (χ0n) is 6.47. The lowest BCUT2D eigenvalue weighted by Crippen LogP contribution is -2.29. The first-order chi connectivity index (χ1) is 4.76. The highest BCUT2D eigenvalue weighted by Gasteiger charge is 2.07. The average molecular weight is 205 g/mol. The normalized spacial score (nSPS) is 12.2. The largest absolute Gasteiger partial charge is 0.307 e. The second kappa shape index (κ2) is 5.55.